The number of likely N-dealkylation sites (N-methyl/N-ethyl adjacent to an activating group) is 2. The molecule has 0 aliphatic heterocycles. The molecule has 1 unspecified atom stereocenters. The highest BCUT2D eigenvalue weighted by Gasteiger charge is 2.21. The Bertz CT molecular complexity index is 584. The highest BCUT2D eigenvalue weighted by molar-refractivity contribution is 5.86. The number of hydrogen-bond acceptors (Lipinski definition) is 2. The predicted molar refractivity (Wildman–Crippen MR) is 90.6 cm³/mol. The molecule has 2 nitrogen and oxygen atoms in total. The minimum atomic E-state index is 0.390. The molecule has 1 atom stereocenters. The van der Waals surface area contributed by atoms with Gasteiger partial charge in [0.25, 0.3) is 0 Å². The molecule has 0 aromatic heterocycles. The van der Waals surface area contributed by atoms with Crippen molar-refractivity contribution in [3.8, 4) is 0 Å². The highest BCUT2D eigenvalue weighted by Crippen LogP contribution is 2.28. The fraction of sp³-hybridized carbons (Fsp3) is 0.474. The zero-order valence-electron chi connectivity index (χ0n) is 13.2. The summed E-state index contributed by atoms with van der Waals surface area (Å²) < 4.78 is 0. The molecule has 0 radical (unpaired) electrons. The van der Waals surface area contributed by atoms with Gasteiger partial charge in [0, 0.05) is 19.1 Å². The van der Waals surface area contributed by atoms with Gasteiger partial charge in [0.15, 0.2) is 0 Å². The smallest absolute Gasteiger partial charge is 0.0452 e. The molecule has 0 spiro atoms. The van der Waals surface area contributed by atoms with E-state index in [2.05, 4.69) is 66.8 Å². The van der Waals surface area contributed by atoms with Crippen LogP contribution in [0.1, 0.15) is 30.9 Å². The first-order valence-electron chi connectivity index (χ1n) is 8.11. The van der Waals surface area contributed by atoms with Crippen molar-refractivity contribution >= 4 is 10.8 Å². The molecule has 1 aliphatic carbocycles. The molecular weight excluding hydrogens is 256 g/mol. The molecule has 2 aromatic carbocycles. The molecule has 0 heterocycles. The number of benzene rings is 2. The van der Waals surface area contributed by atoms with Gasteiger partial charge in [-0.1, -0.05) is 48.9 Å². The summed E-state index contributed by atoms with van der Waals surface area (Å²) in [6.45, 7) is 2.31. The first-order valence-corrected chi connectivity index (χ1v) is 8.11. The van der Waals surface area contributed by atoms with Crippen LogP contribution >= 0.6 is 0 Å². The molecular formula is C19H26N2. The number of rotatable bonds is 6. The molecule has 0 saturated heterocycles. The summed E-state index contributed by atoms with van der Waals surface area (Å²) in [4.78, 5) is 2.49. The average Bonchev–Trinajstić information content (AvgIpc) is 2.48. The second kappa shape index (κ2) is 6.59. The first-order chi connectivity index (χ1) is 10.3. The Morgan fingerprint density at radius 3 is 2.62 bits per heavy atom. The van der Waals surface area contributed by atoms with Gasteiger partial charge in [-0.2, -0.15) is 0 Å². The van der Waals surface area contributed by atoms with Gasteiger partial charge in [-0.15, -0.1) is 0 Å². The molecule has 0 amide bonds. The fourth-order valence-corrected chi connectivity index (χ4v) is 3.40. The molecule has 1 fully saturated rings. The van der Waals surface area contributed by atoms with Gasteiger partial charge < -0.3 is 10.2 Å². The summed E-state index contributed by atoms with van der Waals surface area (Å²) in [7, 11) is 4.33. The van der Waals surface area contributed by atoms with Gasteiger partial charge in [-0.3, -0.25) is 0 Å². The SMILES string of the molecule is CNC(CN(C)CC1CCC1)c1cccc2ccccc12. The van der Waals surface area contributed by atoms with E-state index in [0.29, 0.717) is 6.04 Å². The lowest BCUT2D eigenvalue weighted by atomic mass is 9.85. The quantitative estimate of drug-likeness (QED) is 0.866. The van der Waals surface area contributed by atoms with Gasteiger partial charge in [0.05, 0.1) is 0 Å². The Hall–Kier alpha value is -1.38. The van der Waals surface area contributed by atoms with Crippen LogP contribution in [-0.4, -0.2) is 32.1 Å². The number of nitrogens with one attached hydrogen (secondary N) is 1. The van der Waals surface area contributed by atoms with Gasteiger partial charge in [-0.05, 0) is 49.2 Å². The summed E-state index contributed by atoms with van der Waals surface area (Å²) in [5.74, 6) is 0.931. The summed E-state index contributed by atoms with van der Waals surface area (Å²) in [6.07, 6.45) is 4.27. The topological polar surface area (TPSA) is 15.3 Å². The van der Waals surface area contributed by atoms with Gasteiger partial charge >= 0.3 is 0 Å². The lowest BCUT2D eigenvalue weighted by molar-refractivity contribution is 0.193. The van der Waals surface area contributed by atoms with E-state index in [1.54, 1.807) is 0 Å². The van der Waals surface area contributed by atoms with E-state index in [1.807, 2.05) is 0 Å². The Kier molecular flexibility index (Phi) is 4.57. The van der Waals surface area contributed by atoms with Gasteiger partial charge in [0.2, 0.25) is 0 Å². The van der Waals surface area contributed by atoms with Crippen molar-refractivity contribution in [2.75, 3.05) is 27.2 Å². The molecule has 1 saturated carbocycles. The summed E-state index contributed by atoms with van der Waals surface area (Å²) in [5, 5.41) is 6.21. The van der Waals surface area contributed by atoms with E-state index in [-0.39, 0.29) is 0 Å². The molecule has 2 aromatic rings. The maximum absolute atomic E-state index is 3.51. The maximum Gasteiger partial charge on any atom is 0.0452 e. The van der Waals surface area contributed by atoms with Crippen LogP contribution in [0.2, 0.25) is 0 Å². The molecule has 2 heteroatoms. The minimum absolute atomic E-state index is 0.390. The van der Waals surface area contributed by atoms with E-state index < -0.39 is 0 Å². The van der Waals surface area contributed by atoms with E-state index in [4.69, 9.17) is 0 Å². The van der Waals surface area contributed by atoms with Crippen molar-refractivity contribution in [3.63, 3.8) is 0 Å². The van der Waals surface area contributed by atoms with Crippen LogP contribution in [0.3, 0.4) is 0 Å². The zero-order valence-corrected chi connectivity index (χ0v) is 13.2. The van der Waals surface area contributed by atoms with Crippen LogP contribution in [0.5, 0.6) is 0 Å². The summed E-state index contributed by atoms with van der Waals surface area (Å²) in [5.41, 5.74) is 1.41. The fourth-order valence-electron chi connectivity index (χ4n) is 3.40. The van der Waals surface area contributed by atoms with E-state index >= 15 is 0 Å². The number of hydrogen-bond donors (Lipinski definition) is 1. The van der Waals surface area contributed by atoms with Gasteiger partial charge in [0.1, 0.15) is 0 Å². The molecule has 3 rings (SSSR count). The third-order valence-corrected chi connectivity index (χ3v) is 4.84. The molecule has 0 bridgehead atoms. The van der Waals surface area contributed by atoms with E-state index in [0.717, 1.165) is 12.5 Å². The second-order valence-electron chi connectivity index (χ2n) is 6.43. The van der Waals surface area contributed by atoms with Crippen molar-refractivity contribution in [2.24, 2.45) is 5.92 Å². The van der Waals surface area contributed by atoms with Gasteiger partial charge in [-0.25, -0.2) is 0 Å². The zero-order chi connectivity index (χ0) is 14.7. The monoisotopic (exact) mass is 282 g/mol. The summed E-state index contributed by atoms with van der Waals surface area (Å²) >= 11 is 0. The second-order valence-corrected chi connectivity index (χ2v) is 6.43. The van der Waals surface area contributed by atoms with E-state index in [1.165, 1.54) is 42.1 Å². The predicted octanol–water partition coefficient (Wildman–Crippen LogP) is 3.83. The highest BCUT2D eigenvalue weighted by atomic mass is 15.1. The molecule has 1 N–H and O–H groups in total. The average molecular weight is 282 g/mol. The minimum Gasteiger partial charge on any atom is -0.312 e. The van der Waals surface area contributed by atoms with Crippen molar-refractivity contribution in [2.45, 2.75) is 25.3 Å². The Labute approximate surface area is 128 Å². The number of nitrogens with zero attached hydrogens (tertiary/aromatic N) is 1. The van der Waals surface area contributed by atoms with Crippen LogP contribution in [0, 0.1) is 5.92 Å². The molecule has 1 aliphatic rings. The third kappa shape index (κ3) is 3.28. The summed E-state index contributed by atoms with van der Waals surface area (Å²) in [6, 6.07) is 15.7. The number of fused-ring (bicyclic) bond motifs is 1. The van der Waals surface area contributed by atoms with Crippen molar-refractivity contribution in [1.29, 1.82) is 0 Å². The van der Waals surface area contributed by atoms with Crippen LogP contribution in [-0.2, 0) is 0 Å². The molecule has 21 heavy (non-hydrogen) atoms. The Morgan fingerprint density at radius 2 is 1.90 bits per heavy atom. The van der Waals surface area contributed by atoms with Crippen LogP contribution in [0.25, 0.3) is 10.8 Å². The lowest BCUT2D eigenvalue weighted by Crippen LogP contribution is -2.36. The van der Waals surface area contributed by atoms with Crippen LogP contribution < -0.4 is 5.32 Å². The van der Waals surface area contributed by atoms with E-state index in [9.17, 15) is 0 Å². The van der Waals surface area contributed by atoms with Crippen LogP contribution in [0.4, 0.5) is 0 Å². The normalized spacial score (nSPS) is 17.1. The Balaban J connectivity index is 1.77. The van der Waals surface area contributed by atoms with Crippen molar-refractivity contribution in [1.82, 2.24) is 10.2 Å². The standard InChI is InChI=1S/C19H26N2/c1-20-19(14-21(2)13-15-7-5-8-15)18-12-6-10-16-9-3-4-11-17(16)18/h3-4,6,9-12,15,19-20H,5,7-8,13-14H2,1-2H3. The molecule has 112 valence electrons. The van der Waals surface area contributed by atoms with Crippen molar-refractivity contribution < 1.29 is 0 Å². The van der Waals surface area contributed by atoms with Crippen molar-refractivity contribution in [3.05, 3.63) is 48.0 Å². The lowest BCUT2D eigenvalue weighted by Gasteiger charge is -2.32. The third-order valence-electron chi connectivity index (χ3n) is 4.84. The Morgan fingerprint density at radius 1 is 1.14 bits per heavy atom. The maximum atomic E-state index is 3.51. The largest absolute Gasteiger partial charge is 0.312 e. The first kappa shape index (κ1) is 14.6. The van der Waals surface area contributed by atoms with Crippen LogP contribution in [0.15, 0.2) is 42.5 Å².